The van der Waals surface area contributed by atoms with Gasteiger partial charge < -0.3 is 10.1 Å². The first kappa shape index (κ1) is 14.5. The summed E-state index contributed by atoms with van der Waals surface area (Å²) >= 11 is 0. The van der Waals surface area contributed by atoms with Crippen molar-refractivity contribution >= 4 is 0 Å². The quantitative estimate of drug-likeness (QED) is 0.913. The van der Waals surface area contributed by atoms with Gasteiger partial charge in [0.15, 0.2) is 0 Å². The summed E-state index contributed by atoms with van der Waals surface area (Å²) in [6.45, 7) is 4.46. The molecule has 2 aromatic rings. The summed E-state index contributed by atoms with van der Waals surface area (Å²) in [5.41, 5.74) is 2.57. The molecule has 1 unspecified atom stereocenters. The third-order valence-corrected chi connectivity index (χ3v) is 3.44. The van der Waals surface area contributed by atoms with E-state index in [1.54, 1.807) is 23.9 Å². The fourth-order valence-electron chi connectivity index (χ4n) is 2.33. The number of methoxy groups -OCH3 is 1. The molecule has 0 spiro atoms. The first-order chi connectivity index (χ1) is 9.54. The molecule has 1 aromatic heterocycles. The fraction of sp³-hybridized carbons (Fsp3) is 0.400. The van der Waals surface area contributed by atoms with Crippen molar-refractivity contribution in [3.05, 3.63) is 46.9 Å². The molecule has 0 saturated heterocycles. The second-order valence-electron chi connectivity index (χ2n) is 4.82. The van der Waals surface area contributed by atoms with Gasteiger partial charge in [0.05, 0.1) is 18.4 Å². The molecule has 0 aliphatic rings. The Bertz CT molecular complexity index is 595. The normalized spacial score (nSPS) is 12.4. The molecule has 1 heterocycles. The van der Waals surface area contributed by atoms with Crippen molar-refractivity contribution in [1.82, 2.24) is 15.1 Å². The minimum Gasteiger partial charge on any atom is -0.481 e. The highest BCUT2D eigenvalue weighted by atomic mass is 19.1. The molecule has 0 bridgehead atoms. The van der Waals surface area contributed by atoms with Crippen LogP contribution in [0.25, 0.3) is 0 Å². The lowest BCUT2D eigenvalue weighted by Crippen LogP contribution is -2.19. The molecule has 1 aromatic carbocycles. The fourth-order valence-corrected chi connectivity index (χ4v) is 2.33. The zero-order valence-corrected chi connectivity index (χ0v) is 12.3. The van der Waals surface area contributed by atoms with Gasteiger partial charge in [-0.1, -0.05) is 18.2 Å². The lowest BCUT2D eigenvalue weighted by atomic mass is 10.1. The summed E-state index contributed by atoms with van der Waals surface area (Å²) < 4.78 is 20.8. The SMILES string of the molecule is COc1c(CNC(C)c2ccccc2F)c(C)nn1C. The molecule has 108 valence electrons. The predicted octanol–water partition coefficient (Wildman–Crippen LogP) is 2.73. The molecule has 0 fully saturated rings. The lowest BCUT2D eigenvalue weighted by molar-refractivity contribution is 0.367. The summed E-state index contributed by atoms with van der Waals surface area (Å²) in [6, 6.07) is 6.72. The number of aromatic nitrogens is 2. The number of aryl methyl sites for hydroxylation is 2. The average Bonchev–Trinajstić information content (AvgIpc) is 2.70. The molecule has 2 rings (SSSR count). The molecule has 0 amide bonds. The highest BCUT2D eigenvalue weighted by molar-refractivity contribution is 5.31. The summed E-state index contributed by atoms with van der Waals surface area (Å²) in [7, 11) is 3.47. The minimum absolute atomic E-state index is 0.0829. The maximum atomic E-state index is 13.7. The Kier molecular flexibility index (Phi) is 4.39. The second-order valence-corrected chi connectivity index (χ2v) is 4.82. The zero-order valence-electron chi connectivity index (χ0n) is 12.3. The van der Waals surface area contributed by atoms with Crippen LogP contribution in [-0.2, 0) is 13.6 Å². The maximum Gasteiger partial charge on any atom is 0.216 e. The van der Waals surface area contributed by atoms with Gasteiger partial charge in [-0.15, -0.1) is 0 Å². The zero-order chi connectivity index (χ0) is 14.7. The van der Waals surface area contributed by atoms with Crippen LogP contribution in [0.15, 0.2) is 24.3 Å². The Labute approximate surface area is 118 Å². The molecule has 1 N–H and O–H groups in total. The van der Waals surface area contributed by atoms with Gasteiger partial charge in [0, 0.05) is 25.2 Å². The minimum atomic E-state index is -0.192. The highest BCUT2D eigenvalue weighted by Crippen LogP contribution is 2.22. The van der Waals surface area contributed by atoms with Crippen molar-refractivity contribution in [3.8, 4) is 5.88 Å². The summed E-state index contributed by atoms with van der Waals surface area (Å²) in [5.74, 6) is 0.540. The van der Waals surface area contributed by atoms with Gasteiger partial charge in [0.2, 0.25) is 5.88 Å². The van der Waals surface area contributed by atoms with Crippen molar-refractivity contribution in [2.75, 3.05) is 7.11 Å². The second kappa shape index (κ2) is 6.05. The molecule has 0 radical (unpaired) electrons. The van der Waals surface area contributed by atoms with E-state index in [0.29, 0.717) is 12.1 Å². The smallest absolute Gasteiger partial charge is 0.216 e. The number of halogens is 1. The van der Waals surface area contributed by atoms with Gasteiger partial charge in [0.1, 0.15) is 5.82 Å². The summed E-state index contributed by atoms with van der Waals surface area (Å²) in [6.07, 6.45) is 0. The van der Waals surface area contributed by atoms with Gasteiger partial charge in [-0.25, -0.2) is 9.07 Å². The molecule has 4 nitrogen and oxygen atoms in total. The van der Waals surface area contributed by atoms with E-state index in [1.807, 2.05) is 27.0 Å². The third kappa shape index (κ3) is 2.82. The van der Waals surface area contributed by atoms with E-state index in [1.165, 1.54) is 6.07 Å². The van der Waals surface area contributed by atoms with E-state index in [-0.39, 0.29) is 11.9 Å². The van der Waals surface area contributed by atoms with Crippen LogP contribution in [0.3, 0.4) is 0 Å². The van der Waals surface area contributed by atoms with E-state index in [0.717, 1.165) is 17.1 Å². The Balaban J connectivity index is 2.11. The molecular weight excluding hydrogens is 257 g/mol. The van der Waals surface area contributed by atoms with Crippen molar-refractivity contribution < 1.29 is 9.13 Å². The molecule has 0 saturated carbocycles. The number of rotatable bonds is 5. The number of nitrogens with zero attached hydrogens (tertiary/aromatic N) is 2. The number of hydrogen-bond acceptors (Lipinski definition) is 3. The van der Waals surface area contributed by atoms with Crippen LogP contribution in [0.2, 0.25) is 0 Å². The van der Waals surface area contributed by atoms with E-state index in [4.69, 9.17) is 4.74 Å². The Morgan fingerprint density at radius 1 is 1.40 bits per heavy atom. The van der Waals surface area contributed by atoms with Crippen molar-refractivity contribution in [1.29, 1.82) is 0 Å². The van der Waals surface area contributed by atoms with Crippen molar-refractivity contribution in [2.24, 2.45) is 7.05 Å². The van der Waals surface area contributed by atoms with E-state index >= 15 is 0 Å². The predicted molar refractivity (Wildman–Crippen MR) is 76.2 cm³/mol. The van der Waals surface area contributed by atoms with E-state index in [2.05, 4.69) is 10.4 Å². The molecule has 20 heavy (non-hydrogen) atoms. The van der Waals surface area contributed by atoms with Gasteiger partial charge in [-0.05, 0) is 19.9 Å². The maximum absolute atomic E-state index is 13.7. The number of hydrogen-bond donors (Lipinski definition) is 1. The van der Waals surface area contributed by atoms with Crippen LogP contribution in [-0.4, -0.2) is 16.9 Å². The van der Waals surface area contributed by atoms with Crippen LogP contribution < -0.4 is 10.1 Å². The number of benzene rings is 1. The molecule has 1 atom stereocenters. The molecule has 0 aliphatic carbocycles. The Morgan fingerprint density at radius 3 is 2.75 bits per heavy atom. The number of nitrogens with one attached hydrogen (secondary N) is 1. The molecule has 0 aliphatic heterocycles. The van der Waals surface area contributed by atoms with Crippen molar-refractivity contribution in [3.63, 3.8) is 0 Å². The largest absolute Gasteiger partial charge is 0.481 e. The number of ether oxygens (including phenoxy) is 1. The first-order valence-corrected chi connectivity index (χ1v) is 6.58. The van der Waals surface area contributed by atoms with Gasteiger partial charge in [0.25, 0.3) is 0 Å². The molecular formula is C15H20FN3O. The summed E-state index contributed by atoms with van der Waals surface area (Å²) in [4.78, 5) is 0. The van der Waals surface area contributed by atoms with Crippen LogP contribution in [0.1, 0.15) is 29.8 Å². The van der Waals surface area contributed by atoms with Crippen LogP contribution in [0.5, 0.6) is 5.88 Å². The monoisotopic (exact) mass is 277 g/mol. The van der Waals surface area contributed by atoms with Gasteiger partial charge in [-0.2, -0.15) is 5.10 Å². The van der Waals surface area contributed by atoms with Crippen LogP contribution >= 0.6 is 0 Å². The van der Waals surface area contributed by atoms with E-state index in [9.17, 15) is 4.39 Å². The summed E-state index contributed by atoms with van der Waals surface area (Å²) in [5, 5.41) is 7.64. The highest BCUT2D eigenvalue weighted by Gasteiger charge is 2.16. The Morgan fingerprint density at radius 2 is 2.10 bits per heavy atom. The standard InChI is InChI=1S/C15H20FN3O/c1-10(12-7-5-6-8-14(12)16)17-9-13-11(2)18-19(3)15(13)20-4/h5-8,10,17H,9H2,1-4H3. The topological polar surface area (TPSA) is 39.1 Å². The van der Waals surface area contributed by atoms with Crippen LogP contribution in [0, 0.1) is 12.7 Å². The van der Waals surface area contributed by atoms with Crippen molar-refractivity contribution in [2.45, 2.75) is 26.4 Å². The van der Waals surface area contributed by atoms with Crippen LogP contribution in [0.4, 0.5) is 4.39 Å². The average molecular weight is 277 g/mol. The lowest BCUT2D eigenvalue weighted by Gasteiger charge is -2.15. The van der Waals surface area contributed by atoms with Gasteiger partial charge in [-0.3, -0.25) is 0 Å². The Hall–Kier alpha value is -1.88. The molecule has 5 heteroatoms. The van der Waals surface area contributed by atoms with Gasteiger partial charge >= 0.3 is 0 Å². The van der Waals surface area contributed by atoms with E-state index < -0.39 is 0 Å². The first-order valence-electron chi connectivity index (χ1n) is 6.58. The third-order valence-electron chi connectivity index (χ3n) is 3.44.